The van der Waals surface area contributed by atoms with Crippen molar-refractivity contribution in [3.05, 3.63) is 96.4 Å². The van der Waals surface area contributed by atoms with Crippen molar-refractivity contribution >= 4 is 16.8 Å². The van der Waals surface area contributed by atoms with E-state index in [9.17, 15) is 4.79 Å². The molecule has 166 valence electrons. The van der Waals surface area contributed by atoms with E-state index in [1.54, 1.807) is 7.05 Å². The maximum atomic E-state index is 13.2. The van der Waals surface area contributed by atoms with E-state index in [2.05, 4.69) is 62.6 Å². The Morgan fingerprint density at radius 3 is 2.64 bits per heavy atom. The van der Waals surface area contributed by atoms with Gasteiger partial charge >= 0.3 is 0 Å². The molecule has 5 heteroatoms. The summed E-state index contributed by atoms with van der Waals surface area (Å²) < 4.78 is 0. The summed E-state index contributed by atoms with van der Waals surface area (Å²) in [5.41, 5.74) is 5.31. The highest BCUT2D eigenvalue weighted by Gasteiger charge is 2.44. The van der Waals surface area contributed by atoms with Gasteiger partial charge in [0, 0.05) is 44.1 Å². The van der Waals surface area contributed by atoms with Crippen LogP contribution in [0.5, 0.6) is 0 Å². The van der Waals surface area contributed by atoms with Crippen LogP contribution in [-0.2, 0) is 17.8 Å². The molecule has 5 nitrogen and oxygen atoms in total. The Morgan fingerprint density at radius 1 is 0.970 bits per heavy atom. The van der Waals surface area contributed by atoms with E-state index >= 15 is 0 Å². The number of carbonyl (C=O) groups is 1. The molecule has 33 heavy (non-hydrogen) atoms. The molecule has 0 unspecified atom stereocenters. The zero-order valence-corrected chi connectivity index (χ0v) is 18.9. The van der Waals surface area contributed by atoms with Gasteiger partial charge in [0.25, 0.3) is 0 Å². The van der Waals surface area contributed by atoms with Crippen LogP contribution in [-0.4, -0.2) is 40.9 Å². The minimum atomic E-state index is -0.458. The third-order valence-electron chi connectivity index (χ3n) is 6.81. The molecule has 1 atom stereocenters. The largest absolute Gasteiger partial charge is 0.359 e. The summed E-state index contributed by atoms with van der Waals surface area (Å²) in [6.45, 7) is 2.43. The van der Waals surface area contributed by atoms with Crippen LogP contribution in [0.25, 0.3) is 22.0 Å². The minimum absolute atomic E-state index is 0.120. The first kappa shape index (κ1) is 21.3. The molecule has 1 amide bonds. The lowest BCUT2D eigenvalue weighted by molar-refractivity contribution is -0.130. The molecule has 0 saturated carbocycles. The zero-order valence-electron chi connectivity index (χ0n) is 18.9. The average Bonchev–Trinajstić information content (AvgIpc) is 3.28. The molecule has 2 aromatic carbocycles. The highest BCUT2D eigenvalue weighted by Crippen LogP contribution is 2.38. The fourth-order valence-electron chi connectivity index (χ4n) is 5.17. The Bertz CT molecular complexity index is 1270. The number of nitrogens with one attached hydrogen (secondary N) is 1. The fourth-order valence-corrected chi connectivity index (χ4v) is 5.17. The van der Waals surface area contributed by atoms with Gasteiger partial charge in [-0.3, -0.25) is 19.7 Å². The summed E-state index contributed by atoms with van der Waals surface area (Å²) in [5.74, 6) is 0.120. The predicted octanol–water partition coefficient (Wildman–Crippen LogP) is 4.48. The number of hydrogen-bond acceptors (Lipinski definition) is 4. The van der Waals surface area contributed by atoms with E-state index in [4.69, 9.17) is 0 Å². The van der Waals surface area contributed by atoms with Crippen molar-refractivity contribution in [2.75, 3.05) is 20.1 Å². The predicted molar refractivity (Wildman–Crippen MR) is 132 cm³/mol. The van der Waals surface area contributed by atoms with Crippen LogP contribution in [0.1, 0.15) is 17.5 Å². The molecule has 1 aliphatic heterocycles. The number of hydrogen-bond donors (Lipinski definition) is 1. The van der Waals surface area contributed by atoms with Crippen molar-refractivity contribution in [2.45, 2.75) is 19.4 Å². The van der Waals surface area contributed by atoms with Gasteiger partial charge in [-0.05, 0) is 65.9 Å². The van der Waals surface area contributed by atoms with Gasteiger partial charge in [0.1, 0.15) is 0 Å². The molecule has 2 aromatic heterocycles. The number of benzene rings is 2. The summed E-state index contributed by atoms with van der Waals surface area (Å²) in [7, 11) is 1.75. The lowest BCUT2D eigenvalue weighted by Gasteiger charge is -2.29. The Morgan fingerprint density at radius 2 is 1.79 bits per heavy atom. The number of amides is 1. The zero-order chi connectivity index (χ0) is 22.7. The standard InChI is InChI=1S/C28H28N4O/c1-29-27(33)28(18-22-6-2-3-8-24(22)21-11-15-30-16-12-21)13-17-32(20-28)19-23-7-4-10-26-25(23)9-5-14-31-26/h2-12,14-16H,13,17-20H2,1H3,(H,29,33)/t28-/m1/s1. The smallest absolute Gasteiger partial charge is 0.227 e. The van der Waals surface area contributed by atoms with E-state index in [-0.39, 0.29) is 5.91 Å². The quantitative estimate of drug-likeness (QED) is 0.484. The number of pyridine rings is 2. The molecule has 1 fully saturated rings. The molecule has 1 N–H and O–H groups in total. The Labute approximate surface area is 194 Å². The summed E-state index contributed by atoms with van der Waals surface area (Å²) in [6.07, 6.45) is 7.01. The number of carbonyl (C=O) groups excluding carboxylic acids is 1. The van der Waals surface area contributed by atoms with Gasteiger partial charge in [-0.15, -0.1) is 0 Å². The SMILES string of the molecule is CNC(=O)[C@@]1(Cc2ccccc2-c2ccncc2)CCN(Cc2cccc3ncccc23)C1. The second kappa shape index (κ2) is 9.12. The maximum Gasteiger partial charge on any atom is 0.227 e. The van der Waals surface area contributed by atoms with Crippen LogP contribution in [0, 0.1) is 5.41 Å². The van der Waals surface area contributed by atoms with Gasteiger partial charge in [-0.2, -0.15) is 0 Å². The van der Waals surface area contributed by atoms with Crippen molar-refractivity contribution < 1.29 is 4.79 Å². The molecular weight excluding hydrogens is 408 g/mol. The lowest BCUT2D eigenvalue weighted by Crippen LogP contribution is -2.43. The van der Waals surface area contributed by atoms with Gasteiger partial charge < -0.3 is 5.32 Å². The first-order valence-electron chi connectivity index (χ1n) is 11.4. The summed E-state index contributed by atoms with van der Waals surface area (Å²) in [5, 5.41) is 4.14. The van der Waals surface area contributed by atoms with Crippen molar-refractivity contribution in [3.8, 4) is 11.1 Å². The van der Waals surface area contributed by atoms with Crippen LogP contribution in [0.3, 0.4) is 0 Å². The molecule has 1 aliphatic rings. The molecule has 0 aliphatic carbocycles. The summed E-state index contributed by atoms with van der Waals surface area (Å²) in [6, 6.07) is 22.9. The van der Waals surface area contributed by atoms with Gasteiger partial charge in [0.15, 0.2) is 0 Å². The highest BCUT2D eigenvalue weighted by atomic mass is 16.2. The van der Waals surface area contributed by atoms with Crippen molar-refractivity contribution in [1.82, 2.24) is 20.2 Å². The topological polar surface area (TPSA) is 58.1 Å². The summed E-state index contributed by atoms with van der Waals surface area (Å²) >= 11 is 0. The van der Waals surface area contributed by atoms with Crippen LogP contribution < -0.4 is 5.32 Å². The summed E-state index contributed by atoms with van der Waals surface area (Å²) in [4.78, 5) is 24.3. The Hall–Kier alpha value is -3.57. The monoisotopic (exact) mass is 436 g/mol. The van der Waals surface area contributed by atoms with Gasteiger partial charge in [0.05, 0.1) is 10.9 Å². The third-order valence-corrected chi connectivity index (χ3v) is 6.81. The second-order valence-electron chi connectivity index (χ2n) is 8.88. The van der Waals surface area contributed by atoms with Crippen molar-refractivity contribution in [2.24, 2.45) is 5.41 Å². The molecule has 3 heterocycles. The highest BCUT2D eigenvalue weighted by molar-refractivity contribution is 5.84. The Balaban J connectivity index is 1.43. The first-order chi connectivity index (χ1) is 16.2. The van der Waals surface area contributed by atoms with Gasteiger partial charge in [0.2, 0.25) is 5.91 Å². The third kappa shape index (κ3) is 4.24. The van der Waals surface area contributed by atoms with E-state index in [1.807, 2.05) is 42.9 Å². The maximum absolute atomic E-state index is 13.2. The molecule has 0 spiro atoms. The number of fused-ring (bicyclic) bond motifs is 1. The number of aromatic nitrogens is 2. The van der Waals surface area contributed by atoms with E-state index in [0.717, 1.165) is 37.1 Å². The first-order valence-corrected chi connectivity index (χ1v) is 11.4. The average molecular weight is 437 g/mol. The fraction of sp³-hybridized carbons (Fsp3) is 0.250. The van der Waals surface area contributed by atoms with Crippen LogP contribution in [0.2, 0.25) is 0 Å². The number of rotatable bonds is 6. The second-order valence-corrected chi connectivity index (χ2v) is 8.88. The Kier molecular flexibility index (Phi) is 5.88. The number of nitrogens with zero attached hydrogens (tertiary/aromatic N) is 3. The molecule has 5 rings (SSSR count). The van der Waals surface area contributed by atoms with E-state index < -0.39 is 5.41 Å². The molecule has 4 aromatic rings. The molecule has 0 radical (unpaired) electrons. The normalized spacial score (nSPS) is 18.5. The van der Waals surface area contributed by atoms with Gasteiger partial charge in [-0.1, -0.05) is 42.5 Å². The van der Waals surface area contributed by atoms with Crippen molar-refractivity contribution in [3.63, 3.8) is 0 Å². The number of likely N-dealkylation sites (tertiary alicyclic amines) is 1. The molecule has 0 bridgehead atoms. The molecular formula is C28H28N4O. The minimum Gasteiger partial charge on any atom is -0.359 e. The van der Waals surface area contributed by atoms with E-state index in [0.29, 0.717) is 6.42 Å². The van der Waals surface area contributed by atoms with Crippen LogP contribution in [0.15, 0.2) is 85.3 Å². The molecule has 1 saturated heterocycles. The van der Waals surface area contributed by atoms with Gasteiger partial charge in [-0.25, -0.2) is 0 Å². The van der Waals surface area contributed by atoms with Crippen LogP contribution in [0.4, 0.5) is 0 Å². The van der Waals surface area contributed by atoms with Crippen LogP contribution >= 0.6 is 0 Å². The lowest BCUT2D eigenvalue weighted by atomic mass is 9.78. The van der Waals surface area contributed by atoms with Crippen molar-refractivity contribution in [1.29, 1.82) is 0 Å². The van der Waals surface area contributed by atoms with E-state index in [1.165, 1.54) is 22.1 Å².